The van der Waals surface area contributed by atoms with Crippen molar-refractivity contribution < 1.29 is 33.3 Å². The number of morpholine rings is 3. The molecule has 2 amide bonds. The summed E-state index contributed by atoms with van der Waals surface area (Å²) in [5.41, 5.74) is 4.56. The van der Waals surface area contributed by atoms with Gasteiger partial charge in [0.2, 0.25) is 0 Å². The van der Waals surface area contributed by atoms with Crippen LogP contribution >= 0.6 is 69.6 Å². The zero-order valence-corrected chi connectivity index (χ0v) is 39.8. The second-order valence-corrected chi connectivity index (χ2v) is 17.4. The summed E-state index contributed by atoms with van der Waals surface area (Å²) in [5, 5.41) is 6.38. The Kier molecular flexibility index (Phi) is 19.4. The second-order valence-electron chi connectivity index (χ2n) is 14.9. The smallest absolute Gasteiger partial charge is 0.256 e. The van der Waals surface area contributed by atoms with Crippen LogP contribution in [0.5, 0.6) is 0 Å². The molecular weight excluding hydrogens is 943 g/mol. The van der Waals surface area contributed by atoms with Gasteiger partial charge in [-0.15, -0.1) is 0 Å². The Hall–Kier alpha value is -3.46. The molecule has 5 atom stereocenters. The predicted octanol–water partition coefficient (Wildman–Crippen LogP) is 11.2. The van der Waals surface area contributed by atoms with Gasteiger partial charge in [-0.1, -0.05) is 148 Å². The van der Waals surface area contributed by atoms with Crippen LogP contribution in [0, 0.1) is 0 Å². The largest absolute Gasteiger partial charge is 0.371 e. The van der Waals surface area contributed by atoms with E-state index in [1.807, 2.05) is 84.9 Å². The van der Waals surface area contributed by atoms with E-state index in [-0.39, 0.29) is 30.1 Å². The highest BCUT2D eigenvalue weighted by Crippen LogP contribution is 2.33. The summed E-state index contributed by atoms with van der Waals surface area (Å²) in [7, 11) is 3.10. The van der Waals surface area contributed by atoms with Crippen molar-refractivity contribution in [3.8, 4) is 0 Å². The Bertz CT molecular complexity index is 2160. The minimum Gasteiger partial charge on any atom is -0.371 e. The van der Waals surface area contributed by atoms with Gasteiger partial charge in [0, 0.05) is 40.4 Å². The molecule has 0 aliphatic carbocycles. The molecule has 10 nitrogen and oxygen atoms in total. The van der Waals surface area contributed by atoms with Crippen molar-refractivity contribution in [1.29, 1.82) is 0 Å². The van der Waals surface area contributed by atoms with Gasteiger partial charge in [-0.3, -0.25) is 9.59 Å². The third-order valence-electron chi connectivity index (χ3n) is 10.8. The van der Waals surface area contributed by atoms with Gasteiger partial charge >= 0.3 is 0 Å². The average Bonchev–Trinajstić information content (AvgIpc) is 3.33. The Labute approximate surface area is 404 Å². The first-order chi connectivity index (χ1) is 31.0. The number of rotatable bonds is 9. The third kappa shape index (κ3) is 13.6. The first-order valence-corrected chi connectivity index (χ1v) is 22.9. The molecule has 3 aliphatic heterocycles. The maximum absolute atomic E-state index is 12.9. The Morgan fingerprint density at radius 2 is 0.906 bits per heavy atom. The van der Waals surface area contributed by atoms with Gasteiger partial charge in [-0.2, -0.15) is 0 Å². The molecule has 0 radical (unpaired) electrons. The fraction of sp³-hybridized carbons (Fsp3) is 0.333. The highest BCUT2D eigenvalue weighted by molar-refractivity contribution is 6.43. The van der Waals surface area contributed by atoms with Crippen molar-refractivity contribution in [2.45, 2.75) is 30.5 Å². The number of carbonyl (C=O) groups excluding carboxylic acids is 2. The molecule has 3 heterocycles. The van der Waals surface area contributed by atoms with Gasteiger partial charge < -0.3 is 38.8 Å². The topological polar surface area (TPSA) is 98.8 Å². The monoisotopic (exact) mass is 989 g/mol. The zero-order chi connectivity index (χ0) is 45.6. The maximum Gasteiger partial charge on any atom is 0.256 e. The lowest BCUT2D eigenvalue weighted by Gasteiger charge is -2.35. The van der Waals surface area contributed by atoms with Crippen LogP contribution in [0.4, 0.5) is 0 Å². The van der Waals surface area contributed by atoms with Gasteiger partial charge in [0.05, 0.1) is 69.1 Å². The van der Waals surface area contributed by atoms with E-state index >= 15 is 0 Å². The molecule has 64 heavy (non-hydrogen) atoms. The summed E-state index contributed by atoms with van der Waals surface area (Å²) < 4.78 is 28.2. The van der Waals surface area contributed by atoms with Crippen LogP contribution in [-0.4, -0.2) is 94.9 Å². The number of halogens is 6. The standard InChI is InChI=1S/2C19H19Cl2NO3.C10H11Cl2NO/c2*1-24-18(13-5-3-2-4-6-13)19(23)22-9-10-25-17(12-22)14-7-8-15(20)16(21)11-14;11-8-2-1-7(5-9(8)12)10-6-13-3-4-14-10/h2*2-8,11,17-18H,9-10,12H2,1H3;1-2,5,10,13H,3-4,6H2/t17?,18-;17-,18+;/m10./s1. The lowest BCUT2D eigenvalue weighted by atomic mass is 10.1. The summed E-state index contributed by atoms with van der Waals surface area (Å²) in [5.74, 6) is -0.135. The number of amides is 2. The molecule has 8 rings (SSSR count). The van der Waals surface area contributed by atoms with Gasteiger partial charge in [-0.05, 0) is 64.2 Å². The quantitative estimate of drug-likeness (QED) is 0.156. The Morgan fingerprint density at radius 1 is 0.531 bits per heavy atom. The van der Waals surface area contributed by atoms with Crippen LogP contribution in [0.3, 0.4) is 0 Å². The van der Waals surface area contributed by atoms with E-state index in [0.29, 0.717) is 69.5 Å². The molecule has 0 saturated carbocycles. The van der Waals surface area contributed by atoms with Gasteiger partial charge in [-0.25, -0.2) is 0 Å². The second kappa shape index (κ2) is 24.9. The van der Waals surface area contributed by atoms with E-state index in [0.717, 1.165) is 47.5 Å². The molecule has 0 bridgehead atoms. The predicted molar refractivity (Wildman–Crippen MR) is 254 cm³/mol. The fourth-order valence-corrected chi connectivity index (χ4v) is 8.29. The normalized spacial score (nSPS) is 19.6. The molecule has 2 unspecified atom stereocenters. The van der Waals surface area contributed by atoms with Crippen LogP contribution in [0.25, 0.3) is 0 Å². The lowest BCUT2D eigenvalue weighted by Crippen LogP contribution is -2.44. The average molecular weight is 993 g/mol. The zero-order valence-electron chi connectivity index (χ0n) is 35.2. The minimum atomic E-state index is -0.617. The molecule has 1 N–H and O–H groups in total. The highest BCUT2D eigenvalue weighted by Gasteiger charge is 2.33. The van der Waals surface area contributed by atoms with E-state index in [1.165, 1.54) is 0 Å². The number of nitrogens with zero attached hydrogens (tertiary/aromatic N) is 2. The summed E-state index contributed by atoms with van der Waals surface area (Å²) in [6.07, 6.45) is -1.61. The van der Waals surface area contributed by atoms with E-state index < -0.39 is 12.2 Å². The van der Waals surface area contributed by atoms with Gasteiger partial charge in [0.15, 0.2) is 12.2 Å². The van der Waals surface area contributed by atoms with Crippen molar-refractivity contribution in [2.75, 3.05) is 73.3 Å². The molecular formula is C48H49Cl6N3O7. The lowest BCUT2D eigenvalue weighted by molar-refractivity contribution is -0.150. The first kappa shape index (κ1) is 50.0. The van der Waals surface area contributed by atoms with E-state index in [1.54, 1.807) is 54.4 Å². The van der Waals surface area contributed by atoms with Gasteiger partial charge in [0.1, 0.15) is 12.2 Å². The number of hydrogen-bond donors (Lipinski definition) is 1. The molecule has 3 aliphatic rings. The molecule has 3 saturated heterocycles. The molecule has 3 fully saturated rings. The van der Waals surface area contributed by atoms with Crippen molar-refractivity contribution in [1.82, 2.24) is 15.1 Å². The first-order valence-electron chi connectivity index (χ1n) is 20.6. The number of ether oxygens (including phenoxy) is 5. The fourth-order valence-electron chi connectivity index (χ4n) is 7.37. The number of carbonyl (C=O) groups is 2. The molecule has 16 heteroatoms. The SMILES string of the molecule is CO[C@@H](C(=O)N1CCOC(c2ccc(Cl)c(Cl)c2)C1)c1ccccc1.CO[C@@H](C(=O)N1CCO[C@H](c2ccc(Cl)c(Cl)c2)C1)c1ccccc1.Clc1ccc(C2CNCCO2)cc1Cl. The third-order valence-corrected chi connectivity index (χ3v) is 13.0. The number of nitrogens with one attached hydrogen (secondary N) is 1. The summed E-state index contributed by atoms with van der Waals surface area (Å²) >= 11 is 35.9. The molecule has 340 valence electrons. The molecule has 5 aromatic rings. The van der Waals surface area contributed by atoms with E-state index in [9.17, 15) is 9.59 Å². The van der Waals surface area contributed by atoms with Crippen molar-refractivity contribution in [3.63, 3.8) is 0 Å². The Morgan fingerprint density at radius 3 is 1.25 bits per heavy atom. The molecule has 0 aromatic heterocycles. The van der Waals surface area contributed by atoms with Gasteiger partial charge in [0.25, 0.3) is 11.8 Å². The number of methoxy groups -OCH3 is 2. The van der Waals surface area contributed by atoms with Crippen molar-refractivity contribution >= 4 is 81.4 Å². The number of hydrogen-bond acceptors (Lipinski definition) is 8. The Balaban J connectivity index is 0.000000166. The van der Waals surface area contributed by atoms with Crippen LogP contribution < -0.4 is 5.32 Å². The van der Waals surface area contributed by atoms with E-state index in [2.05, 4.69) is 5.32 Å². The van der Waals surface area contributed by atoms with Crippen LogP contribution in [0.2, 0.25) is 30.1 Å². The molecule has 5 aromatic carbocycles. The minimum absolute atomic E-state index is 0.0675. The summed E-state index contributed by atoms with van der Waals surface area (Å²) in [6, 6.07) is 35.4. The van der Waals surface area contributed by atoms with Crippen molar-refractivity contribution in [2.24, 2.45) is 0 Å². The summed E-state index contributed by atoms with van der Waals surface area (Å²) in [6.45, 7) is 5.37. The molecule has 0 spiro atoms. The summed E-state index contributed by atoms with van der Waals surface area (Å²) in [4.78, 5) is 29.4. The van der Waals surface area contributed by atoms with Crippen LogP contribution in [-0.2, 0) is 33.3 Å². The van der Waals surface area contributed by atoms with Crippen LogP contribution in [0.1, 0.15) is 58.3 Å². The van der Waals surface area contributed by atoms with Crippen LogP contribution in [0.15, 0.2) is 115 Å². The van der Waals surface area contributed by atoms with E-state index in [4.69, 9.17) is 93.3 Å². The van der Waals surface area contributed by atoms with Crippen molar-refractivity contribution in [3.05, 3.63) is 173 Å². The number of benzene rings is 5. The maximum atomic E-state index is 12.9. The highest BCUT2D eigenvalue weighted by atomic mass is 35.5.